The number of carbonyl (C=O) groups excluding carboxylic acids is 2. The van der Waals surface area contributed by atoms with E-state index in [0.717, 1.165) is 6.26 Å². The van der Waals surface area contributed by atoms with E-state index in [2.05, 4.69) is 20.8 Å². The number of nitrogens with one attached hydrogen (secondary N) is 2. The highest BCUT2D eigenvalue weighted by Crippen LogP contribution is 2.24. The number of hydrogen-bond acceptors (Lipinski definition) is 6. The molecule has 9 nitrogen and oxygen atoms in total. The summed E-state index contributed by atoms with van der Waals surface area (Å²) in [5.74, 6) is -1.18. The molecule has 2 aromatic heterocycles. The molecule has 10 heteroatoms. The summed E-state index contributed by atoms with van der Waals surface area (Å²) in [5, 5.41) is 0.653. The van der Waals surface area contributed by atoms with Gasteiger partial charge in [0.2, 0.25) is 15.9 Å². The Balaban J connectivity index is 1.49. The molecule has 2 amide bonds. The number of amides is 2. The number of hydrazine groups is 1. The van der Waals surface area contributed by atoms with Crippen LogP contribution in [0.25, 0.3) is 22.3 Å². The van der Waals surface area contributed by atoms with Gasteiger partial charge in [0.15, 0.2) is 0 Å². The number of pyridine rings is 2. The van der Waals surface area contributed by atoms with Crippen LogP contribution in [0.4, 0.5) is 0 Å². The maximum atomic E-state index is 13.0. The van der Waals surface area contributed by atoms with E-state index in [1.807, 2.05) is 30.3 Å². The summed E-state index contributed by atoms with van der Waals surface area (Å²) in [6.07, 6.45) is 3.61. The predicted octanol–water partition coefficient (Wildman–Crippen LogP) is 1.73. The normalized spacial score (nSPS) is 15.4. The summed E-state index contributed by atoms with van der Waals surface area (Å²) in [7, 11) is -3.26. The van der Waals surface area contributed by atoms with Crippen LogP contribution in [-0.4, -0.2) is 53.9 Å². The van der Waals surface area contributed by atoms with E-state index in [4.69, 9.17) is 0 Å². The van der Waals surface area contributed by atoms with Crippen molar-refractivity contribution in [1.82, 2.24) is 25.1 Å². The lowest BCUT2D eigenvalue weighted by Gasteiger charge is -2.29. The first kappa shape index (κ1) is 21.8. The maximum absolute atomic E-state index is 13.0. The number of piperidine rings is 1. The highest BCUT2D eigenvalue weighted by Gasteiger charge is 2.29. The Morgan fingerprint density at radius 2 is 1.72 bits per heavy atom. The average Bonchev–Trinajstić information content (AvgIpc) is 2.81. The average molecular weight is 454 g/mol. The predicted molar refractivity (Wildman–Crippen MR) is 120 cm³/mol. The van der Waals surface area contributed by atoms with Gasteiger partial charge >= 0.3 is 0 Å². The van der Waals surface area contributed by atoms with Crippen LogP contribution < -0.4 is 10.9 Å². The third kappa shape index (κ3) is 4.76. The van der Waals surface area contributed by atoms with Gasteiger partial charge in [-0.1, -0.05) is 24.3 Å². The molecule has 32 heavy (non-hydrogen) atoms. The van der Waals surface area contributed by atoms with E-state index >= 15 is 0 Å². The topological polar surface area (TPSA) is 121 Å². The monoisotopic (exact) mass is 453 g/mol. The van der Waals surface area contributed by atoms with Crippen LogP contribution in [0.3, 0.4) is 0 Å². The molecule has 166 valence electrons. The number of benzene rings is 1. The summed E-state index contributed by atoms with van der Waals surface area (Å²) in [6, 6.07) is 14.4. The first-order chi connectivity index (χ1) is 15.3. The van der Waals surface area contributed by atoms with Crippen molar-refractivity contribution in [3.05, 3.63) is 60.3 Å². The number of para-hydroxylation sites is 1. The Kier molecular flexibility index (Phi) is 6.15. The zero-order valence-corrected chi connectivity index (χ0v) is 18.3. The summed E-state index contributed by atoms with van der Waals surface area (Å²) in [4.78, 5) is 34.4. The maximum Gasteiger partial charge on any atom is 0.270 e. The third-order valence-corrected chi connectivity index (χ3v) is 6.78. The van der Waals surface area contributed by atoms with Gasteiger partial charge in [-0.05, 0) is 37.1 Å². The van der Waals surface area contributed by atoms with Crippen LogP contribution in [0.2, 0.25) is 0 Å². The van der Waals surface area contributed by atoms with Crippen LogP contribution in [0.15, 0.2) is 54.7 Å². The summed E-state index contributed by atoms with van der Waals surface area (Å²) in [6.45, 7) is 0.570. The van der Waals surface area contributed by atoms with Gasteiger partial charge in [0, 0.05) is 30.6 Å². The molecule has 0 unspecified atom stereocenters. The Labute approximate surface area is 185 Å². The van der Waals surface area contributed by atoms with Crippen LogP contribution in [-0.2, 0) is 14.8 Å². The molecule has 1 aliphatic rings. The number of fused-ring (bicyclic) bond motifs is 1. The van der Waals surface area contributed by atoms with Crippen molar-refractivity contribution in [1.29, 1.82) is 0 Å². The molecule has 0 bridgehead atoms. The molecule has 3 aromatic rings. The minimum atomic E-state index is -3.26. The fourth-order valence-corrected chi connectivity index (χ4v) is 4.62. The van der Waals surface area contributed by atoms with Gasteiger partial charge in [-0.2, -0.15) is 0 Å². The molecule has 0 spiro atoms. The van der Waals surface area contributed by atoms with Crippen LogP contribution in [0.5, 0.6) is 0 Å². The molecule has 4 rings (SSSR count). The van der Waals surface area contributed by atoms with Gasteiger partial charge in [-0.15, -0.1) is 0 Å². The Hall–Kier alpha value is -3.37. The molecule has 0 saturated carbocycles. The molecule has 3 heterocycles. The molecular formula is C22H23N5O4S. The number of nitrogens with zero attached hydrogens (tertiary/aromatic N) is 3. The number of sulfonamides is 1. The Morgan fingerprint density at radius 1 is 1.00 bits per heavy atom. The quantitative estimate of drug-likeness (QED) is 0.581. The lowest BCUT2D eigenvalue weighted by molar-refractivity contribution is -0.126. The van der Waals surface area contributed by atoms with E-state index in [0.29, 0.717) is 40.7 Å². The van der Waals surface area contributed by atoms with Crippen molar-refractivity contribution >= 4 is 32.7 Å². The molecule has 1 aromatic carbocycles. The Morgan fingerprint density at radius 3 is 2.41 bits per heavy atom. The van der Waals surface area contributed by atoms with Gasteiger partial charge in [0.05, 0.1) is 28.7 Å². The minimum absolute atomic E-state index is 0.285. The minimum Gasteiger partial charge on any atom is -0.273 e. The van der Waals surface area contributed by atoms with E-state index < -0.39 is 15.9 Å². The van der Waals surface area contributed by atoms with Crippen molar-refractivity contribution in [2.45, 2.75) is 12.8 Å². The highest BCUT2D eigenvalue weighted by atomic mass is 32.2. The number of carbonyl (C=O) groups is 2. The van der Waals surface area contributed by atoms with Crippen LogP contribution >= 0.6 is 0 Å². The zero-order chi connectivity index (χ0) is 22.7. The van der Waals surface area contributed by atoms with Crippen molar-refractivity contribution in [3.63, 3.8) is 0 Å². The lowest BCUT2D eigenvalue weighted by Crippen LogP contribution is -2.48. The summed E-state index contributed by atoms with van der Waals surface area (Å²) < 4.78 is 24.6. The van der Waals surface area contributed by atoms with E-state index in [1.165, 1.54) is 4.31 Å². The van der Waals surface area contributed by atoms with Gasteiger partial charge in [-0.25, -0.2) is 17.7 Å². The standard InChI is InChI=1S/C22H23N5O4S/c1-32(30,31)27-12-9-15(10-13-27)21(28)25-26-22(29)17-14-20(19-8-4-5-11-23-19)24-18-7-3-2-6-16(17)18/h2-8,11,14-15H,9-10,12-13H2,1H3,(H,25,28)(H,26,29). The summed E-state index contributed by atoms with van der Waals surface area (Å²) in [5.41, 5.74) is 7.16. The van der Waals surface area contributed by atoms with Crippen molar-refractivity contribution in [2.24, 2.45) is 5.92 Å². The van der Waals surface area contributed by atoms with Gasteiger partial charge in [0.1, 0.15) is 0 Å². The van der Waals surface area contributed by atoms with Crippen molar-refractivity contribution < 1.29 is 18.0 Å². The van der Waals surface area contributed by atoms with Crippen LogP contribution in [0, 0.1) is 5.92 Å². The van der Waals surface area contributed by atoms with Gasteiger partial charge < -0.3 is 0 Å². The lowest BCUT2D eigenvalue weighted by atomic mass is 9.97. The second kappa shape index (κ2) is 9.01. The van der Waals surface area contributed by atoms with Crippen molar-refractivity contribution in [2.75, 3.05) is 19.3 Å². The highest BCUT2D eigenvalue weighted by molar-refractivity contribution is 7.88. The fourth-order valence-electron chi connectivity index (χ4n) is 3.75. The SMILES string of the molecule is CS(=O)(=O)N1CCC(C(=O)NNC(=O)c2cc(-c3ccccn3)nc3ccccc23)CC1. The Bertz CT molecular complexity index is 1260. The molecular weight excluding hydrogens is 430 g/mol. The number of aromatic nitrogens is 2. The second-order valence-electron chi connectivity index (χ2n) is 7.67. The molecule has 1 aliphatic heterocycles. The van der Waals surface area contributed by atoms with Crippen LogP contribution in [0.1, 0.15) is 23.2 Å². The van der Waals surface area contributed by atoms with E-state index in [-0.39, 0.29) is 24.9 Å². The largest absolute Gasteiger partial charge is 0.273 e. The zero-order valence-electron chi connectivity index (χ0n) is 17.5. The summed E-state index contributed by atoms with van der Waals surface area (Å²) >= 11 is 0. The molecule has 0 atom stereocenters. The molecule has 0 aliphatic carbocycles. The second-order valence-corrected chi connectivity index (χ2v) is 9.65. The molecule has 1 fully saturated rings. The fraction of sp³-hybridized carbons (Fsp3) is 0.273. The molecule has 0 radical (unpaired) electrons. The van der Waals surface area contributed by atoms with Crippen molar-refractivity contribution in [3.8, 4) is 11.4 Å². The number of hydrogen-bond donors (Lipinski definition) is 2. The van der Waals surface area contributed by atoms with E-state index in [1.54, 1.807) is 24.4 Å². The smallest absolute Gasteiger partial charge is 0.270 e. The van der Waals surface area contributed by atoms with Gasteiger partial charge in [0.25, 0.3) is 5.91 Å². The first-order valence-electron chi connectivity index (χ1n) is 10.2. The van der Waals surface area contributed by atoms with Gasteiger partial charge in [-0.3, -0.25) is 25.4 Å². The first-order valence-corrected chi connectivity index (χ1v) is 12.0. The number of rotatable bonds is 4. The third-order valence-electron chi connectivity index (χ3n) is 5.48. The molecule has 1 saturated heterocycles. The molecule has 2 N–H and O–H groups in total. The van der Waals surface area contributed by atoms with E-state index in [9.17, 15) is 18.0 Å².